The first-order chi connectivity index (χ1) is 17.5. The zero-order valence-electron chi connectivity index (χ0n) is 20.1. The average molecular weight is 554 g/mol. The van der Waals surface area contributed by atoms with Gasteiger partial charge in [0.2, 0.25) is 10.0 Å². The fourth-order valence-electron chi connectivity index (χ4n) is 3.98. The van der Waals surface area contributed by atoms with Crippen molar-refractivity contribution in [3.8, 4) is 11.5 Å². The number of nitrogens with one attached hydrogen (secondary N) is 1. The lowest BCUT2D eigenvalue weighted by molar-refractivity contribution is -0.137. The first-order valence-electron chi connectivity index (χ1n) is 11.6. The molecule has 1 heterocycles. The Kier molecular flexibility index (Phi) is 8.45. The van der Waals surface area contributed by atoms with Crippen molar-refractivity contribution in [1.82, 2.24) is 14.5 Å². The Balaban J connectivity index is 1.47. The zero-order valence-corrected chi connectivity index (χ0v) is 21.7. The molecule has 1 aliphatic rings. The first kappa shape index (κ1) is 27.4. The van der Waals surface area contributed by atoms with Crippen molar-refractivity contribution in [2.45, 2.75) is 17.1 Å². The third kappa shape index (κ3) is 7.45. The van der Waals surface area contributed by atoms with E-state index in [2.05, 4.69) is 21.6 Å². The van der Waals surface area contributed by atoms with E-state index in [4.69, 9.17) is 16.3 Å². The van der Waals surface area contributed by atoms with E-state index >= 15 is 0 Å². The molecule has 198 valence electrons. The third-order valence-corrected chi connectivity index (χ3v) is 7.90. The molecule has 0 spiro atoms. The van der Waals surface area contributed by atoms with Gasteiger partial charge in [-0.25, -0.2) is 13.1 Å². The average Bonchev–Trinajstić information content (AvgIpc) is 2.85. The van der Waals surface area contributed by atoms with Crippen LogP contribution in [0.5, 0.6) is 11.5 Å². The SMILES string of the molecule is CN1CCN(CC(NS(=O)(=O)c2ccc(Oc3ccc(C(F)(F)F)cc3)cc2)c2ccc(Cl)cc2)CC1. The summed E-state index contributed by atoms with van der Waals surface area (Å²) in [7, 11) is -1.83. The van der Waals surface area contributed by atoms with Crippen LogP contribution < -0.4 is 9.46 Å². The Bertz CT molecular complexity index is 1280. The number of ether oxygens (including phenoxy) is 1. The molecule has 0 amide bonds. The minimum absolute atomic E-state index is 0.0459. The van der Waals surface area contributed by atoms with E-state index in [0.717, 1.165) is 43.9 Å². The molecular formula is C26H27ClF3N3O3S. The van der Waals surface area contributed by atoms with E-state index in [0.29, 0.717) is 17.3 Å². The highest BCUT2D eigenvalue weighted by molar-refractivity contribution is 7.89. The summed E-state index contributed by atoms with van der Waals surface area (Å²) in [4.78, 5) is 4.50. The third-order valence-electron chi connectivity index (χ3n) is 6.16. The molecular weight excluding hydrogens is 527 g/mol. The molecule has 3 aromatic carbocycles. The van der Waals surface area contributed by atoms with Gasteiger partial charge in [0.1, 0.15) is 11.5 Å². The smallest absolute Gasteiger partial charge is 0.416 e. The van der Waals surface area contributed by atoms with Crippen LogP contribution in [0.25, 0.3) is 0 Å². The lowest BCUT2D eigenvalue weighted by atomic mass is 10.1. The molecule has 1 atom stereocenters. The standard InChI is InChI=1S/C26H27ClF3N3O3S/c1-32-14-16-33(17-15-32)18-25(19-2-6-21(27)7-3-19)31-37(34,35)24-12-10-23(11-13-24)36-22-8-4-20(5-9-22)26(28,29)30/h2-13,25,31H,14-18H2,1H3. The number of hydrogen-bond donors (Lipinski definition) is 1. The van der Waals surface area contributed by atoms with Crippen LogP contribution in [-0.4, -0.2) is 58.0 Å². The highest BCUT2D eigenvalue weighted by Gasteiger charge is 2.30. The number of piperazine rings is 1. The fourth-order valence-corrected chi connectivity index (χ4v) is 5.33. The molecule has 37 heavy (non-hydrogen) atoms. The summed E-state index contributed by atoms with van der Waals surface area (Å²) in [6.45, 7) is 3.97. The highest BCUT2D eigenvalue weighted by Crippen LogP contribution is 2.31. The first-order valence-corrected chi connectivity index (χ1v) is 13.5. The van der Waals surface area contributed by atoms with E-state index in [1.54, 1.807) is 12.1 Å². The molecule has 1 saturated heterocycles. The minimum atomic E-state index is -4.43. The summed E-state index contributed by atoms with van der Waals surface area (Å²) in [6.07, 6.45) is -4.43. The molecule has 0 aliphatic carbocycles. The van der Waals surface area contributed by atoms with Crippen LogP contribution >= 0.6 is 11.6 Å². The Hall–Kier alpha value is -2.63. The number of nitrogens with zero attached hydrogens (tertiary/aromatic N) is 2. The molecule has 1 N–H and O–H groups in total. The van der Waals surface area contributed by atoms with Gasteiger partial charge in [-0.1, -0.05) is 23.7 Å². The number of likely N-dealkylation sites (N-methyl/N-ethyl adjacent to an activating group) is 1. The number of rotatable bonds is 8. The van der Waals surface area contributed by atoms with Gasteiger partial charge in [-0.05, 0) is 73.3 Å². The second-order valence-corrected chi connectivity index (χ2v) is 11.1. The minimum Gasteiger partial charge on any atom is -0.457 e. The largest absolute Gasteiger partial charge is 0.457 e. The van der Waals surface area contributed by atoms with Crippen molar-refractivity contribution in [2.24, 2.45) is 0 Å². The van der Waals surface area contributed by atoms with Crippen molar-refractivity contribution in [1.29, 1.82) is 0 Å². The van der Waals surface area contributed by atoms with Gasteiger partial charge >= 0.3 is 6.18 Å². The Morgan fingerprint density at radius 2 is 1.43 bits per heavy atom. The van der Waals surface area contributed by atoms with E-state index < -0.39 is 27.8 Å². The maximum Gasteiger partial charge on any atom is 0.416 e. The van der Waals surface area contributed by atoms with Gasteiger partial charge in [-0.15, -0.1) is 0 Å². The number of halogens is 4. The molecule has 11 heteroatoms. The van der Waals surface area contributed by atoms with Crippen LogP contribution in [0.4, 0.5) is 13.2 Å². The number of benzene rings is 3. The predicted molar refractivity (Wildman–Crippen MR) is 136 cm³/mol. The molecule has 0 radical (unpaired) electrons. The van der Waals surface area contributed by atoms with E-state index in [9.17, 15) is 21.6 Å². The number of sulfonamides is 1. The van der Waals surface area contributed by atoms with Gasteiger partial charge in [0.15, 0.2) is 0 Å². The van der Waals surface area contributed by atoms with Gasteiger partial charge < -0.3 is 9.64 Å². The topological polar surface area (TPSA) is 61.9 Å². The van der Waals surface area contributed by atoms with Crippen molar-refractivity contribution in [3.05, 3.63) is 88.9 Å². The summed E-state index contributed by atoms with van der Waals surface area (Å²) in [6, 6.07) is 16.6. The van der Waals surface area contributed by atoms with Crippen molar-refractivity contribution < 1.29 is 26.3 Å². The molecule has 1 fully saturated rings. The van der Waals surface area contributed by atoms with Crippen molar-refractivity contribution in [3.63, 3.8) is 0 Å². The van der Waals surface area contributed by atoms with Gasteiger partial charge in [0.25, 0.3) is 0 Å². The summed E-state index contributed by atoms with van der Waals surface area (Å²) in [5, 5.41) is 0.564. The zero-order chi connectivity index (χ0) is 26.6. The van der Waals surface area contributed by atoms with Gasteiger partial charge in [0.05, 0.1) is 16.5 Å². The molecule has 4 rings (SSSR count). The van der Waals surface area contributed by atoms with Gasteiger partial charge in [-0.2, -0.15) is 13.2 Å². The molecule has 6 nitrogen and oxygen atoms in total. The van der Waals surface area contributed by atoms with E-state index in [1.807, 2.05) is 12.1 Å². The van der Waals surface area contributed by atoms with Gasteiger partial charge in [0, 0.05) is 37.7 Å². The van der Waals surface area contributed by atoms with Gasteiger partial charge in [-0.3, -0.25) is 4.90 Å². The summed E-state index contributed by atoms with van der Waals surface area (Å²) in [5.41, 5.74) is 0.0216. The van der Waals surface area contributed by atoms with Crippen LogP contribution in [-0.2, 0) is 16.2 Å². The Labute approximate surface area is 219 Å². The van der Waals surface area contributed by atoms with Crippen molar-refractivity contribution in [2.75, 3.05) is 39.8 Å². The number of hydrogen-bond acceptors (Lipinski definition) is 5. The lowest BCUT2D eigenvalue weighted by Gasteiger charge is -2.35. The summed E-state index contributed by atoms with van der Waals surface area (Å²) >= 11 is 6.04. The molecule has 1 unspecified atom stereocenters. The number of alkyl halides is 3. The maximum atomic E-state index is 13.3. The molecule has 1 aliphatic heterocycles. The lowest BCUT2D eigenvalue weighted by Crippen LogP contribution is -2.47. The Morgan fingerprint density at radius 1 is 0.892 bits per heavy atom. The molecule has 0 saturated carbocycles. The van der Waals surface area contributed by atoms with Crippen LogP contribution in [0, 0.1) is 0 Å². The second-order valence-electron chi connectivity index (χ2n) is 8.92. The van der Waals surface area contributed by atoms with Crippen LogP contribution in [0.2, 0.25) is 5.02 Å². The monoisotopic (exact) mass is 553 g/mol. The fraction of sp³-hybridized carbons (Fsp3) is 0.308. The predicted octanol–water partition coefficient (Wildman–Crippen LogP) is 5.42. The van der Waals surface area contributed by atoms with Crippen molar-refractivity contribution >= 4 is 21.6 Å². The maximum absolute atomic E-state index is 13.3. The normalized spacial score (nSPS) is 16.5. The van der Waals surface area contributed by atoms with E-state index in [-0.39, 0.29) is 10.6 Å². The summed E-state index contributed by atoms with van der Waals surface area (Å²) < 4.78 is 73.2. The molecule has 0 bridgehead atoms. The Morgan fingerprint density at radius 3 is 1.97 bits per heavy atom. The summed E-state index contributed by atoms with van der Waals surface area (Å²) in [5.74, 6) is 0.502. The quantitative estimate of drug-likeness (QED) is 0.404. The van der Waals surface area contributed by atoms with Crippen LogP contribution in [0.15, 0.2) is 77.7 Å². The molecule has 3 aromatic rings. The van der Waals surface area contributed by atoms with Crippen LogP contribution in [0.1, 0.15) is 17.2 Å². The molecule has 0 aromatic heterocycles. The highest BCUT2D eigenvalue weighted by atomic mass is 35.5. The van der Waals surface area contributed by atoms with E-state index in [1.165, 1.54) is 36.4 Å². The second kappa shape index (κ2) is 11.4. The van der Waals surface area contributed by atoms with Crippen LogP contribution in [0.3, 0.4) is 0 Å².